The normalized spacial score (nSPS) is 11.2. The molecule has 3 aromatic rings. The average Bonchev–Trinajstić information content (AvgIpc) is 3.22. The molecule has 0 fully saturated rings. The fourth-order valence-corrected chi connectivity index (χ4v) is 3.69. The maximum atomic E-state index is 12.5. The van der Waals surface area contributed by atoms with E-state index in [2.05, 4.69) is 33.9 Å². The molecule has 3 rings (SSSR count). The highest BCUT2D eigenvalue weighted by Gasteiger charge is 2.19. The Morgan fingerprint density at radius 1 is 1.21 bits per heavy atom. The summed E-state index contributed by atoms with van der Waals surface area (Å²) in [4.78, 5) is 12.5. The van der Waals surface area contributed by atoms with Gasteiger partial charge in [0.25, 0.3) is 0 Å². The summed E-state index contributed by atoms with van der Waals surface area (Å²) < 4.78 is 7.49. The molecule has 1 N–H and O–H groups in total. The molecule has 7 heteroatoms. The van der Waals surface area contributed by atoms with Crippen LogP contribution >= 0.6 is 11.8 Å². The van der Waals surface area contributed by atoms with Crippen molar-refractivity contribution in [3.05, 3.63) is 47.4 Å². The van der Waals surface area contributed by atoms with Crippen LogP contribution in [0.25, 0.3) is 11.4 Å². The molecule has 0 aliphatic heterocycles. The number of rotatable bonds is 7. The summed E-state index contributed by atoms with van der Waals surface area (Å²) in [6, 6.07) is 7.81. The van der Waals surface area contributed by atoms with Crippen LogP contribution in [0.4, 0.5) is 5.69 Å². The molecule has 0 spiro atoms. The lowest BCUT2D eigenvalue weighted by atomic mass is 10.1. The summed E-state index contributed by atoms with van der Waals surface area (Å²) in [5.74, 6) is 2.22. The number of nitrogens with one attached hydrogen (secondary N) is 1. The molecule has 0 saturated heterocycles. The molecule has 0 aliphatic carbocycles. The van der Waals surface area contributed by atoms with Crippen molar-refractivity contribution in [2.75, 3.05) is 11.1 Å². The standard InChI is InChI=1S/C21H26N4O2S/c1-13(2)11-25-20(17-9-10-27-16(17)5)23-24-21(25)28-12-19(26)22-18-8-6-7-14(3)15(18)4/h6-10,13H,11-12H2,1-5H3,(H,22,26). The quantitative estimate of drug-likeness (QED) is 0.576. The molecule has 2 aromatic heterocycles. The first-order chi connectivity index (χ1) is 13.4. The average molecular weight is 399 g/mol. The molecular formula is C21H26N4O2S. The van der Waals surface area contributed by atoms with E-state index in [1.54, 1.807) is 6.26 Å². The van der Waals surface area contributed by atoms with Crippen LogP contribution < -0.4 is 5.32 Å². The highest BCUT2D eigenvalue weighted by atomic mass is 32.2. The van der Waals surface area contributed by atoms with E-state index in [0.29, 0.717) is 5.92 Å². The lowest BCUT2D eigenvalue weighted by Gasteiger charge is -2.13. The molecule has 1 amide bonds. The molecule has 0 radical (unpaired) electrons. The molecule has 0 bridgehead atoms. The lowest BCUT2D eigenvalue weighted by molar-refractivity contribution is -0.113. The van der Waals surface area contributed by atoms with Gasteiger partial charge >= 0.3 is 0 Å². The zero-order valence-electron chi connectivity index (χ0n) is 16.9. The number of nitrogens with zero attached hydrogens (tertiary/aromatic N) is 3. The van der Waals surface area contributed by atoms with Crippen molar-refractivity contribution in [2.24, 2.45) is 5.92 Å². The smallest absolute Gasteiger partial charge is 0.234 e. The van der Waals surface area contributed by atoms with Gasteiger partial charge in [0.15, 0.2) is 11.0 Å². The van der Waals surface area contributed by atoms with Crippen molar-refractivity contribution in [1.82, 2.24) is 14.8 Å². The van der Waals surface area contributed by atoms with Crippen molar-refractivity contribution in [1.29, 1.82) is 0 Å². The zero-order valence-corrected chi connectivity index (χ0v) is 17.8. The van der Waals surface area contributed by atoms with E-state index in [1.807, 2.05) is 45.0 Å². The van der Waals surface area contributed by atoms with Gasteiger partial charge in [0, 0.05) is 12.2 Å². The number of benzene rings is 1. The first kappa shape index (κ1) is 20.2. The van der Waals surface area contributed by atoms with Gasteiger partial charge in [0.05, 0.1) is 17.6 Å². The topological polar surface area (TPSA) is 73.0 Å². The van der Waals surface area contributed by atoms with Crippen molar-refractivity contribution in [3.63, 3.8) is 0 Å². The second-order valence-electron chi connectivity index (χ2n) is 7.29. The van der Waals surface area contributed by atoms with Crippen molar-refractivity contribution >= 4 is 23.4 Å². The van der Waals surface area contributed by atoms with Gasteiger partial charge in [-0.1, -0.05) is 37.7 Å². The van der Waals surface area contributed by atoms with Gasteiger partial charge in [-0.3, -0.25) is 4.79 Å². The van der Waals surface area contributed by atoms with Crippen molar-refractivity contribution in [3.8, 4) is 11.4 Å². The van der Waals surface area contributed by atoms with Crippen LogP contribution in [0.15, 0.2) is 40.1 Å². The Bertz CT molecular complexity index is 975. The van der Waals surface area contributed by atoms with E-state index in [1.165, 1.54) is 11.8 Å². The number of hydrogen-bond acceptors (Lipinski definition) is 5. The molecular weight excluding hydrogens is 372 g/mol. The van der Waals surface area contributed by atoms with Crippen LogP contribution in [0.2, 0.25) is 0 Å². The number of aryl methyl sites for hydroxylation is 2. The first-order valence-corrected chi connectivity index (χ1v) is 10.3. The molecule has 6 nitrogen and oxygen atoms in total. The number of carbonyl (C=O) groups excluding carboxylic acids is 1. The number of hydrogen-bond donors (Lipinski definition) is 1. The fraction of sp³-hybridized carbons (Fsp3) is 0.381. The third-order valence-corrected chi connectivity index (χ3v) is 5.54. The molecule has 0 atom stereocenters. The number of anilines is 1. The molecule has 2 heterocycles. The Balaban J connectivity index is 1.75. The van der Waals surface area contributed by atoms with Crippen molar-refractivity contribution < 1.29 is 9.21 Å². The summed E-state index contributed by atoms with van der Waals surface area (Å²) in [6.45, 7) is 11.0. The minimum atomic E-state index is -0.0566. The van der Waals surface area contributed by atoms with Crippen LogP contribution in [0, 0.1) is 26.7 Å². The van der Waals surface area contributed by atoms with Gasteiger partial charge in [0.2, 0.25) is 5.91 Å². The molecule has 28 heavy (non-hydrogen) atoms. The van der Waals surface area contributed by atoms with Crippen LogP contribution in [-0.4, -0.2) is 26.4 Å². The molecule has 0 aliphatic rings. The predicted molar refractivity (Wildman–Crippen MR) is 113 cm³/mol. The van der Waals surface area contributed by atoms with Gasteiger partial charge in [-0.15, -0.1) is 10.2 Å². The minimum Gasteiger partial charge on any atom is -0.469 e. The summed E-state index contributed by atoms with van der Waals surface area (Å²) in [5, 5.41) is 12.4. The molecule has 0 unspecified atom stereocenters. The Morgan fingerprint density at radius 3 is 2.68 bits per heavy atom. The number of amides is 1. The fourth-order valence-electron chi connectivity index (χ4n) is 2.94. The highest BCUT2D eigenvalue weighted by Crippen LogP contribution is 2.28. The zero-order chi connectivity index (χ0) is 20.3. The Kier molecular flexibility index (Phi) is 6.24. The number of furan rings is 1. The molecule has 148 valence electrons. The van der Waals surface area contributed by atoms with Crippen LogP contribution in [-0.2, 0) is 11.3 Å². The van der Waals surface area contributed by atoms with E-state index < -0.39 is 0 Å². The number of carbonyl (C=O) groups is 1. The van der Waals surface area contributed by atoms with Gasteiger partial charge in [-0.05, 0) is 49.9 Å². The Morgan fingerprint density at radius 2 is 2.00 bits per heavy atom. The van der Waals surface area contributed by atoms with E-state index >= 15 is 0 Å². The second-order valence-corrected chi connectivity index (χ2v) is 8.23. The largest absolute Gasteiger partial charge is 0.469 e. The summed E-state index contributed by atoms with van der Waals surface area (Å²) >= 11 is 1.40. The Hall–Kier alpha value is -2.54. The van der Waals surface area contributed by atoms with Crippen LogP contribution in [0.3, 0.4) is 0 Å². The highest BCUT2D eigenvalue weighted by molar-refractivity contribution is 7.99. The lowest BCUT2D eigenvalue weighted by Crippen LogP contribution is -2.16. The molecule has 0 saturated carbocycles. The van der Waals surface area contributed by atoms with Gasteiger partial charge in [-0.25, -0.2) is 0 Å². The third-order valence-electron chi connectivity index (χ3n) is 4.58. The first-order valence-electron chi connectivity index (χ1n) is 9.33. The van der Waals surface area contributed by atoms with Gasteiger partial charge in [0.1, 0.15) is 5.76 Å². The Labute approximate surface area is 169 Å². The number of thioether (sulfide) groups is 1. The van der Waals surface area contributed by atoms with Crippen molar-refractivity contribution in [2.45, 2.75) is 46.3 Å². The summed E-state index contributed by atoms with van der Waals surface area (Å²) in [6.07, 6.45) is 1.66. The van der Waals surface area contributed by atoms with E-state index in [-0.39, 0.29) is 11.7 Å². The maximum absolute atomic E-state index is 12.5. The third kappa shape index (κ3) is 4.47. The second kappa shape index (κ2) is 8.65. The molecule has 1 aromatic carbocycles. The predicted octanol–water partition coefficient (Wildman–Crippen LogP) is 4.85. The van der Waals surface area contributed by atoms with E-state index in [9.17, 15) is 4.79 Å². The van der Waals surface area contributed by atoms with E-state index in [4.69, 9.17) is 4.42 Å². The monoisotopic (exact) mass is 398 g/mol. The minimum absolute atomic E-state index is 0.0566. The van der Waals surface area contributed by atoms with Gasteiger partial charge < -0.3 is 14.3 Å². The summed E-state index contributed by atoms with van der Waals surface area (Å²) in [7, 11) is 0. The van der Waals surface area contributed by atoms with E-state index in [0.717, 1.165) is 45.7 Å². The summed E-state index contributed by atoms with van der Waals surface area (Å²) in [5.41, 5.74) is 4.02. The number of aromatic nitrogens is 3. The SMILES string of the molecule is Cc1cccc(NC(=O)CSc2nnc(-c3ccoc3C)n2CC(C)C)c1C. The van der Waals surface area contributed by atoms with Gasteiger partial charge in [-0.2, -0.15) is 0 Å². The maximum Gasteiger partial charge on any atom is 0.234 e. The van der Waals surface area contributed by atoms with Crippen LogP contribution in [0.1, 0.15) is 30.7 Å². The van der Waals surface area contributed by atoms with Crippen LogP contribution in [0.5, 0.6) is 0 Å².